The number of carbonyl (C=O) groups excluding carboxylic acids is 1. The van der Waals surface area contributed by atoms with Gasteiger partial charge in [0.25, 0.3) is 0 Å². The lowest BCUT2D eigenvalue weighted by Gasteiger charge is -2.39. The van der Waals surface area contributed by atoms with E-state index in [2.05, 4.69) is 36.3 Å². The number of rotatable bonds is 7. The summed E-state index contributed by atoms with van der Waals surface area (Å²) in [5.41, 5.74) is 0. The molecule has 0 aromatic carbocycles. The highest BCUT2D eigenvalue weighted by molar-refractivity contribution is 5.81. The zero-order valence-electron chi connectivity index (χ0n) is 13.0. The number of hydrogen-bond donors (Lipinski definition) is 2. The molecule has 1 rings (SSSR count). The fourth-order valence-corrected chi connectivity index (χ4v) is 2.67. The zero-order chi connectivity index (χ0) is 14.3. The maximum Gasteiger partial charge on any atom is 0.237 e. The lowest BCUT2D eigenvalue weighted by molar-refractivity contribution is -0.127. The largest absolute Gasteiger partial charge is 0.354 e. The highest BCUT2D eigenvalue weighted by Gasteiger charge is 2.29. The highest BCUT2D eigenvalue weighted by Crippen LogP contribution is 2.19. The molecule has 1 saturated heterocycles. The van der Waals surface area contributed by atoms with Crippen LogP contribution >= 0.6 is 0 Å². The van der Waals surface area contributed by atoms with E-state index in [1.54, 1.807) is 0 Å². The van der Waals surface area contributed by atoms with Gasteiger partial charge in [0.15, 0.2) is 0 Å². The van der Waals surface area contributed by atoms with Crippen LogP contribution in [-0.2, 0) is 4.79 Å². The molecule has 1 aliphatic heterocycles. The van der Waals surface area contributed by atoms with Gasteiger partial charge in [-0.15, -0.1) is 0 Å². The van der Waals surface area contributed by atoms with Crippen molar-refractivity contribution in [2.24, 2.45) is 5.92 Å². The molecule has 2 unspecified atom stereocenters. The molecule has 1 heterocycles. The summed E-state index contributed by atoms with van der Waals surface area (Å²) in [6.45, 7) is 12.2. The van der Waals surface area contributed by atoms with Gasteiger partial charge in [0.05, 0.1) is 6.04 Å². The van der Waals surface area contributed by atoms with Gasteiger partial charge in [-0.3, -0.25) is 9.69 Å². The molecule has 0 bridgehead atoms. The molecule has 1 amide bonds. The van der Waals surface area contributed by atoms with Crippen molar-refractivity contribution < 1.29 is 4.79 Å². The minimum absolute atomic E-state index is 0.0114. The molecule has 4 nitrogen and oxygen atoms in total. The molecule has 112 valence electrons. The van der Waals surface area contributed by atoms with Crippen LogP contribution in [0.4, 0.5) is 0 Å². The van der Waals surface area contributed by atoms with Gasteiger partial charge in [-0.1, -0.05) is 27.2 Å². The summed E-state index contributed by atoms with van der Waals surface area (Å²) in [7, 11) is 0. The van der Waals surface area contributed by atoms with Crippen LogP contribution in [0.2, 0.25) is 0 Å². The minimum atomic E-state index is -0.0114. The first-order chi connectivity index (χ1) is 9.06. The monoisotopic (exact) mass is 269 g/mol. The van der Waals surface area contributed by atoms with Crippen molar-refractivity contribution >= 4 is 5.91 Å². The second kappa shape index (κ2) is 8.54. The fraction of sp³-hybridized carbons (Fsp3) is 0.933. The quantitative estimate of drug-likeness (QED) is 0.738. The summed E-state index contributed by atoms with van der Waals surface area (Å²) in [4.78, 5) is 14.6. The van der Waals surface area contributed by atoms with Gasteiger partial charge in [0.2, 0.25) is 5.91 Å². The van der Waals surface area contributed by atoms with E-state index >= 15 is 0 Å². The lowest BCUT2D eigenvalue weighted by Crippen LogP contribution is -2.54. The van der Waals surface area contributed by atoms with Crippen LogP contribution in [0.5, 0.6) is 0 Å². The number of likely N-dealkylation sites (N-methyl/N-ethyl adjacent to an activating group) is 1. The molecule has 0 saturated carbocycles. The zero-order valence-corrected chi connectivity index (χ0v) is 13.0. The van der Waals surface area contributed by atoms with Gasteiger partial charge in [0, 0.05) is 19.1 Å². The smallest absolute Gasteiger partial charge is 0.237 e. The van der Waals surface area contributed by atoms with Crippen molar-refractivity contribution in [2.45, 2.75) is 59.0 Å². The van der Waals surface area contributed by atoms with Crippen LogP contribution in [-0.4, -0.2) is 49.1 Å². The Bertz CT molecular complexity index is 268. The second-order valence-corrected chi connectivity index (χ2v) is 6.01. The Morgan fingerprint density at radius 1 is 1.32 bits per heavy atom. The van der Waals surface area contributed by atoms with Crippen LogP contribution in [0, 0.1) is 5.92 Å². The first-order valence-electron chi connectivity index (χ1n) is 7.80. The van der Waals surface area contributed by atoms with Crippen molar-refractivity contribution in [3.8, 4) is 0 Å². The Balaban J connectivity index is 2.50. The predicted molar refractivity (Wildman–Crippen MR) is 80.2 cm³/mol. The van der Waals surface area contributed by atoms with Crippen molar-refractivity contribution in [1.82, 2.24) is 15.5 Å². The second-order valence-electron chi connectivity index (χ2n) is 6.01. The van der Waals surface area contributed by atoms with Crippen LogP contribution in [0.25, 0.3) is 0 Å². The number of nitrogens with zero attached hydrogens (tertiary/aromatic N) is 1. The molecule has 1 fully saturated rings. The summed E-state index contributed by atoms with van der Waals surface area (Å²) in [6.07, 6.45) is 3.70. The van der Waals surface area contributed by atoms with Crippen molar-refractivity contribution in [2.75, 3.05) is 26.2 Å². The number of piperidine rings is 1. The van der Waals surface area contributed by atoms with Gasteiger partial charge < -0.3 is 10.6 Å². The van der Waals surface area contributed by atoms with Crippen LogP contribution in [0.3, 0.4) is 0 Å². The molecule has 0 spiro atoms. The van der Waals surface area contributed by atoms with E-state index in [1.807, 2.05) is 6.92 Å². The van der Waals surface area contributed by atoms with Crippen molar-refractivity contribution in [3.63, 3.8) is 0 Å². The van der Waals surface area contributed by atoms with Gasteiger partial charge in [-0.05, 0) is 38.8 Å². The number of carbonyl (C=O) groups is 1. The third-order valence-electron chi connectivity index (χ3n) is 3.86. The van der Waals surface area contributed by atoms with E-state index in [0.717, 1.165) is 26.2 Å². The van der Waals surface area contributed by atoms with E-state index in [9.17, 15) is 4.79 Å². The number of amides is 1. The van der Waals surface area contributed by atoms with Crippen LogP contribution < -0.4 is 10.6 Å². The number of hydrogen-bond acceptors (Lipinski definition) is 3. The van der Waals surface area contributed by atoms with Crippen molar-refractivity contribution in [1.29, 1.82) is 0 Å². The Morgan fingerprint density at radius 2 is 2.05 bits per heavy atom. The molecular weight excluding hydrogens is 238 g/mol. The Morgan fingerprint density at radius 3 is 2.68 bits per heavy atom. The molecular formula is C15H31N3O. The van der Waals surface area contributed by atoms with Gasteiger partial charge >= 0.3 is 0 Å². The summed E-state index contributed by atoms with van der Waals surface area (Å²) < 4.78 is 0. The molecule has 0 aliphatic carbocycles. The standard InChI is InChI=1S/C15H31N3O/c1-5-16-11-14-8-6-7-9-18(14)13(4)15(19)17-10-12(2)3/h12-14,16H,5-11H2,1-4H3,(H,17,19). The molecule has 1 aliphatic rings. The molecule has 0 aromatic heterocycles. The van der Waals surface area contributed by atoms with Gasteiger partial charge in [-0.2, -0.15) is 0 Å². The van der Waals surface area contributed by atoms with E-state index < -0.39 is 0 Å². The van der Waals surface area contributed by atoms with E-state index in [1.165, 1.54) is 19.3 Å². The van der Waals surface area contributed by atoms with E-state index in [-0.39, 0.29) is 11.9 Å². The van der Waals surface area contributed by atoms with E-state index in [4.69, 9.17) is 0 Å². The van der Waals surface area contributed by atoms with Crippen LogP contribution in [0.1, 0.15) is 47.0 Å². The first kappa shape index (κ1) is 16.4. The maximum absolute atomic E-state index is 12.2. The number of nitrogens with one attached hydrogen (secondary N) is 2. The summed E-state index contributed by atoms with van der Waals surface area (Å²) in [6, 6.07) is 0.496. The minimum Gasteiger partial charge on any atom is -0.354 e. The van der Waals surface area contributed by atoms with E-state index in [0.29, 0.717) is 12.0 Å². The Hall–Kier alpha value is -0.610. The Kier molecular flexibility index (Phi) is 7.39. The summed E-state index contributed by atoms with van der Waals surface area (Å²) >= 11 is 0. The lowest BCUT2D eigenvalue weighted by atomic mass is 9.99. The van der Waals surface area contributed by atoms with Gasteiger partial charge in [0.1, 0.15) is 0 Å². The summed E-state index contributed by atoms with van der Waals surface area (Å²) in [5.74, 6) is 0.687. The predicted octanol–water partition coefficient (Wildman–Crippen LogP) is 1.61. The van der Waals surface area contributed by atoms with Crippen LogP contribution in [0.15, 0.2) is 0 Å². The topological polar surface area (TPSA) is 44.4 Å². The third kappa shape index (κ3) is 5.49. The molecule has 19 heavy (non-hydrogen) atoms. The maximum atomic E-state index is 12.2. The Labute approximate surface area is 118 Å². The molecule has 2 N–H and O–H groups in total. The molecule has 0 radical (unpaired) electrons. The number of likely N-dealkylation sites (tertiary alicyclic amines) is 1. The fourth-order valence-electron chi connectivity index (χ4n) is 2.67. The normalized spacial score (nSPS) is 22.5. The highest BCUT2D eigenvalue weighted by atomic mass is 16.2. The average Bonchev–Trinajstić information content (AvgIpc) is 2.42. The molecule has 2 atom stereocenters. The van der Waals surface area contributed by atoms with Crippen molar-refractivity contribution in [3.05, 3.63) is 0 Å². The molecule has 4 heteroatoms. The SMILES string of the molecule is CCNCC1CCCCN1C(C)C(=O)NCC(C)C. The first-order valence-corrected chi connectivity index (χ1v) is 7.80. The van der Waals surface area contributed by atoms with Gasteiger partial charge in [-0.25, -0.2) is 0 Å². The summed E-state index contributed by atoms with van der Waals surface area (Å²) in [5, 5.41) is 6.47. The molecule has 0 aromatic rings. The average molecular weight is 269 g/mol. The third-order valence-corrected chi connectivity index (χ3v) is 3.86.